The lowest BCUT2D eigenvalue weighted by atomic mass is 10.0. The summed E-state index contributed by atoms with van der Waals surface area (Å²) in [4.78, 5) is 22.7. The lowest BCUT2D eigenvalue weighted by Crippen LogP contribution is -2.22. The van der Waals surface area contributed by atoms with Crippen molar-refractivity contribution in [2.45, 2.75) is 13.0 Å². The van der Waals surface area contributed by atoms with Crippen LogP contribution in [0.1, 0.15) is 28.9 Å². The third-order valence-corrected chi connectivity index (χ3v) is 3.06. The molecular weight excluding hydrogens is 288 g/mol. The van der Waals surface area contributed by atoms with Gasteiger partial charge in [0.05, 0.1) is 17.2 Å². The van der Waals surface area contributed by atoms with E-state index >= 15 is 0 Å². The molecule has 0 spiro atoms. The van der Waals surface area contributed by atoms with Gasteiger partial charge in [-0.3, -0.25) is 4.79 Å². The van der Waals surface area contributed by atoms with Crippen LogP contribution in [0.15, 0.2) is 6.07 Å². The predicted molar refractivity (Wildman–Crippen MR) is 69.4 cm³/mol. The zero-order valence-electron chi connectivity index (χ0n) is 10.7. The van der Waals surface area contributed by atoms with Gasteiger partial charge in [-0.2, -0.15) is 0 Å². The Bertz CT molecular complexity index is 542. The second kappa shape index (κ2) is 6.11. The fourth-order valence-corrected chi connectivity index (χ4v) is 2.13. The highest BCUT2D eigenvalue weighted by Crippen LogP contribution is 2.43. The molecule has 0 amide bonds. The number of aliphatic hydroxyl groups excluding tert-OH is 1. The molecule has 2 rings (SSSR count). The number of halogens is 1. The van der Waals surface area contributed by atoms with Gasteiger partial charge >= 0.3 is 5.97 Å². The Balaban J connectivity index is 2.51. The van der Waals surface area contributed by atoms with Gasteiger partial charge in [-0.1, -0.05) is 11.6 Å². The van der Waals surface area contributed by atoms with Crippen LogP contribution < -0.4 is 9.47 Å². The van der Waals surface area contributed by atoms with Crippen molar-refractivity contribution in [2.24, 2.45) is 0 Å². The minimum Gasteiger partial charge on any atom is -0.486 e. The topological polar surface area (TPSA) is 82.1 Å². The first kappa shape index (κ1) is 14.6. The molecular formula is C13H13ClO6. The van der Waals surface area contributed by atoms with E-state index in [1.54, 1.807) is 6.92 Å². The van der Waals surface area contributed by atoms with Crippen molar-refractivity contribution < 1.29 is 28.9 Å². The van der Waals surface area contributed by atoms with Gasteiger partial charge in [0.25, 0.3) is 0 Å². The lowest BCUT2D eigenvalue weighted by Gasteiger charge is -2.24. The number of fused-ring (bicyclic) bond motifs is 1. The molecule has 1 aromatic carbocycles. The summed E-state index contributed by atoms with van der Waals surface area (Å²) >= 11 is 5.96. The Hall–Kier alpha value is -1.79. The van der Waals surface area contributed by atoms with Crippen LogP contribution in [-0.2, 0) is 9.53 Å². The smallest absolute Gasteiger partial charge is 0.339 e. The van der Waals surface area contributed by atoms with Crippen LogP contribution >= 0.6 is 11.6 Å². The van der Waals surface area contributed by atoms with E-state index in [2.05, 4.69) is 0 Å². The summed E-state index contributed by atoms with van der Waals surface area (Å²) in [5, 5.41) is 10.1. The van der Waals surface area contributed by atoms with Gasteiger partial charge in [0.15, 0.2) is 23.9 Å². The van der Waals surface area contributed by atoms with E-state index in [0.717, 1.165) is 0 Å². The summed E-state index contributed by atoms with van der Waals surface area (Å²) in [6.07, 6.45) is -1.01. The minimum atomic E-state index is -1.55. The van der Waals surface area contributed by atoms with Crippen LogP contribution in [0, 0.1) is 0 Å². The highest BCUT2D eigenvalue weighted by Gasteiger charge is 2.30. The first-order valence-electron chi connectivity index (χ1n) is 6.02. The average molecular weight is 301 g/mol. The molecule has 1 unspecified atom stereocenters. The Morgan fingerprint density at radius 1 is 1.50 bits per heavy atom. The first-order valence-corrected chi connectivity index (χ1v) is 6.39. The highest BCUT2D eigenvalue weighted by molar-refractivity contribution is 6.33. The van der Waals surface area contributed by atoms with Crippen LogP contribution in [0.25, 0.3) is 0 Å². The number of hydrogen-bond acceptors (Lipinski definition) is 6. The summed E-state index contributed by atoms with van der Waals surface area (Å²) in [5.74, 6) is -0.542. The molecule has 6 nitrogen and oxygen atoms in total. The maximum atomic E-state index is 11.6. The van der Waals surface area contributed by atoms with Crippen molar-refractivity contribution >= 4 is 23.9 Å². The number of esters is 1. The van der Waals surface area contributed by atoms with Gasteiger partial charge in [0.1, 0.15) is 13.2 Å². The molecule has 108 valence electrons. The van der Waals surface area contributed by atoms with Crippen LogP contribution in [0.5, 0.6) is 11.5 Å². The number of rotatable bonds is 4. The second-order valence-corrected chi connectivity index (χ2v) is 4.40. The van der Waals surface area contributed by atoms with E-state index in [0.29, 0.717) is 6.29 Å². The number of aliphatic hydroxyl groups is 1. The standard InChI is InChI=1S/C13H13ClO6/c1-2-18-13(17)10(16)7-5-9(14)8(6-15)12-11(7)19-3-4-20-12/h5-6,10,16H,2-4H2,1H3. The van der Waals surface area contributed by atoms with Crippen molar-refractivity contribution in [3.8, 4) is 11.5 Å². The summed E-state index contributed by atoms with van der Waals surface area (Å²) < 4.78 is 15.5. The number of benzene rings is 1. The minimum absolute atomic E-state index is 0.0719. The lowest BCUT2D eigenvalue weighted by molar-refractivity contribution is -0.153. The third-order valence-electron chi connectivity index (χ3n) is 2.75. The van der Waals surface area contributed by atoms with Gasteiger partial charge in [0.2, 0.25) is 0 Å². The zero-order chi connectivity index (χ0) is 14.7. The van der Waals surface area contributed by atoms with E-state index in [1.165, 1.54) is 6.07 Å². The molecule has 1 aliphatic rings. The SMILES string of the molecule is CCOC(=O)C(O)c1cc(Cl)c(C=O)c2c1OCCO2. The van der Waals surface area contributed by atoms with E-state index in [1.807, 2.05) is 0 Å². The Morgan fingerprint density at radius 3 is 2.75 bits per heavy atom. The zero-order valence-corrected chi connectivity index (χ0v) is 11.5. The monoisotopic (exact) mass is 300 g/mol. The summed E-state index contributed by atoms with van der Waals surface area (Å²) in [6, 6.07) is 1.31. The number of carbonyl (C=O) groups excluding carboxylic acids is 2. The number of aldehydes is 1. The van der Waals surface area contributed by atoms with Crippen molar-refractivity contribution in [1.82, 2.24) is 0 Å². The second-order valence-electron chi connectivity index (χ2n) is 3.99. The summed E-state index contributed by atoms with van der Waals surface area (Å²) in [6.45, 7) is 2.26. The molecule has 0 radical (unpaired) electrons. The first-order chi connectivity index (χ1) is 9.60. The molecule has 20 heavy (non-hydrogen) atoms. The number of carbonyl (C=O) groups is 2. The van der Waals surface area contributed by atoms with Gasteiger partial charge in [0, 0.05) is 5.56 Å². The maximum absolute atomic E-state index is 11.6. The van der Waals surface area contributed by atoms with Crippen LogP contribution in [-0.4, -0.2) is 37.2 Å². The van der Waals surface area contributed by atoms with E-state index in [-0.39, 0.29) is 47.5 Å². The third kappa shape index (κ3) is 2.57. The Morgan fingerprint density at radius 2 is 2.15 bits per heavy atom. The Kier molecular flexibility index (Phi) is 4.46. The molecule has 0 saturated carbocycles. The van der Waals surface area contributed by atoms with Crippen molar-refractivity contribution in [2.75, 3.05) is 19.8 Å². The van der Waals surface area contributed by atoms with Gasteiger partial charge in [-0.25, -0.2) is 4.79 Å². The molecule has 0 saturated heterocycles. The number of ether oxygens (including phenoxy) is 3. The van der Waals surface area contributed by atoms with Gasteiger partial charge < -0.3 is 19.3 Å². The van der Waals surface area contributed by atoms with Crippen LogP contribution in [0.2, 0.25) is 5.02 Å². The summed E-state index contributed by atoms with van der Waals surface area (Å²) in [5.41, 5.74) is 0.245. The van der Waals surface area contributed by atoms with E-state index in [4.69, 9.17) is 25.8 Å². The van der Waals surface area contributed by atoms with Crippen LogP contribution in [0.4, 0.5) is 0 Å². The van der Waals surface area contributed by atoms with E-state index in [9.17, 15) is 14.7 Å². The molecule has 0 bridgehead atoms. The molecule has 0 fully saturated rings. The molecule has 1 atom stereocenters. The number of hydrogen-bond donors (Lipinski definition) is 1. The molecule has 1 aromatic rings. The summed E-state index contributed by atoms with van der Waals surface area (Å²) in [7, 11) is 0. The van der Waals surface area contributed by atoms with E-state index < -0.39 is 12.1 Å². The molecule has 0 aliphatic carbocycles. The maximum Gasteiger partial charge on any atom is 0.339 e. The quantitative estimate of drug-likeness (QED) is 0.670. The van der Waals surface area contributed by atoms with Crippen molar-refractivity contribution in [1.29, 1.82) is 0 Å². The highest BCUT2D eigenvalue weighted by atomic mass is 35.5. The predicted octanol–water partition coefficient (Wildman–Crippen LogP) is 1.52. The molecule has 1 aliphatic heterocycles. The molecule has 1 heterocycles. The normalized spacial score (nSPS) is 14.6. The van der Waals surface area contributed by atoms with Crippen molar-refractivity contribution in [3.05, 3.63) is 22.2 Å². The fraction of sp³-hybridized carbons (Fsp3) is 0.385. The Labute approximate surface area is 120 Å². The largest absolute Gasteiger partial charge is 0.486 e. The molecule has 7 heteroatoms. The van der Waals surface area contributed by atoms with Gasteiger partial charge in [-0.05, 0) is 13.0 Å². The van der Waals surface area contributed by atoms with Gasteiger partial charge in [-0.15, -0.1) is 0 Å². The average Bonchev–Trinajstić information content (AvgIpc) is 2.46. The van der Waals surface area contributed by atoms with Crippen LogP contribution in [0.3, 0.4) is 0 Å². The van der Waals surface area contributed by atoms with Crippen molar-refractivity contribution in [3.63, 3.8) is 0 Å². The molecule has 1 N–H and O–H groups in total. The fourth-order valence-electron chi connectivity index (χ4n) is 1.88. The molecule has 0 aromatic heterocycles.